The van der Waals surface area contributed by atoms with Crippen LogP contribution in [0.5, 0.6) is 17.2 Å². The summed E-state index contributed by atoms with van der Waals surface area (Å²) in [6.07, 6.45) is 1.34. The lowest BCUT2D eigenvalue weighted by Crippen LogP contribution is -2.28. The number of hydrogen-bond acceptors (Lipinski definition) is 6. The van der Waals surface area contributed by atoms with Crippen molar-refractivity contribution in [2.75, 3.05) is 20.8 Å². The van der Waals surface area contributed by atoms with Crippen molar-refractivity contribution in [1.29, 1.82) is 0 Å². The van der Waals surface area contributed by atoms with Gasteiger partial charge in [0.2, 0.25) is 12.0 Å². The average molecular weight is 294 g/mol. The van der Waals surface area contributed by atoms with Gasteiger partial charge in [0.25, 0.3) is 0 Å². The molecule has 2 aliphatic rings. The van der Waals surface area contributed by atoms with Gasteiger partial charge in [-0.05, 0) is 24.8 Å². The molecule has 0 bridgehead atoms. The highest BCUT2D eigenvalue weighted by molar-refractivity contribution is 5.94. The first-order valence-corrected chi connectivity index (χ1v) is 6.93. The molecule has 0 saturated heterocycles. The van der Waals surface area contributed by atoms with Gasteiger partial charge in [-0.3, -0.25) is 0 Å². The van der Waals surface area contributed by atoms with Gasteiger partial charge in [0.05, 0.1) is 26.4 Å². The van der Waals surface area contributed by atoms with Crippen LogP contribution in [0.3, 0.4) is 0 Å². The molecule has 1 saturated carbocycles. The van der Waals surface area contributed by atoms with Crippen LogP contribution in [0.1, 0.15) is 28.8 Å². The monoisotopic (exact) mass is 294 g/mol. The molecule has 1 atom stereocenters. The van der Waals surface area contributed by atoms with Crippen LogP contribution in [0.25, 0.3) is 0 Å². The molecule has 1 unspecified atom stereocenters. The van der Waals surface area contributed by atoms with Gasteiger partial charge in [-0.1, -0.05) is 0 Å². The van der Waals surface area contributed by atoms with Crippen molar-refractivity contribution >= 4 is 5.97 Å². The number of carbonyl (C=O) groups is 1. The second kappa shape index (κ2) is 5.44. The van der Waals surface area contributed by atoms with E-state index in [1.807, 2.05) is 0 Å². The number of aliphatic hydroxyl groups excluding tert-OH is 1. The predicted molar refractivity (Wildman–Crippen MR) is 72.9 cm³/mol. The third-order valence-corrected chi connectivity index (χ3v) is 3.73. The van der Waals surface area contributed by atoms with Crippen LogP contribution in [0, 0.1) is 5.92 Å². The molecule has 6 nitrogen and oxygen atoms in total. The second-order valence-electron chi connectivity index (χ2n) is 5.29. The standard InChI is InChI=1S/C15H18O6/c1-18-13-9-6-12(16)21-15(17)10(9)5-11(14(13)19-2)20-7-8-3-4-8/h5,8,12,16H,3-4,6-7H2,1-2H3. The minimum atomic E-state index is -1.16. The maximum absolute atomic E-state index is 11.9. The van der Waals surface area contributed by atoms with Gasteiger partial charge in [0.1, 0.15) is 0 Å². The molecular weight excluding hydrogens is 276 g/mol. The normalized spacial score (nSPS) is 20.5. The zero-order valence-corrected chi connectivity index (χ0v) is 12.0. The van der Waals surface area contributed by atoms with Crippen molar-refractivity contribution in [1.82, 2.24) is 0 Å². The van der Waals surface area contributed by atoms with Gasteiger partial charge < -0.3 is 24.1 Å². The molecule has 0 spiro atoms. The van der Waals surface area contributed by atoms with Crippen molar-refractivity contribution in [3.63, 3.8) is 0 Å². The number of rotatable bonds is 5. The number of cyclic esters (lactones) is 1. The molecule has 114 valence electrons. The van der Waals surface area contributed by atoms with E-state index in [2.05, 4.69) is 0 Å². The first-order chi connectivity index (χ1) is 10.1. The van der Waals surface area contributed by atoms with Crippen molar-refractivity contribution < 1.29 is 28.8 Å². The van der Waals surface area contributed by atoms with Crippen LogP contribution in [-0.4, -0.2) is 38.2 Å². The fraction of sp³-hybridized carbons (Fsp3) is 0.533. The summed E-state index contributed by atoms with van der Waals surface area (Å²) in [7, 11) is 3.01. The third-order valence-electron chi connectivity index (χ3n) is 3.73. The molecule has 1 aromatic carbocycles. The first-order valence-electron chi connectivity index (χ1n) is 6.93. The summed E-state index contributed by atoms with van der Waals surface area (Å²) >= 11 is 0. The zero-order valence-electron chi connectivity index (χ0n) is 12.0. The van der Waals surface area contributed by atoms with E-state index >= 15 is 0 Å². The molecule has 1 N–H and O–H groups in total. The predicted octanol–water partition coefficient (Wildman–Crippen LogP) is 1.52. The summed E-state index contributed by atoms with van der Waals surface area (Å²) in [5, 5.41) is 9.59. The van der Waals surface area contributed by atoms with E-state index in [-0.39, 0.29) is 6.42 Å². The Morgan fingerprint density at radius 2 is 2.00 bits per heavy atom. The van der Waals surface area contributed by atoms with Crippen molar-refractivity contribution in [2.24, 2.45) is 5.92 Å². The summed E-state index contributed by atoms with van der Waals surface area (Å²) in [5.41, 5.74) is 0.931. The Balaban J connectivity index is 2.03. The van der Waals surface area contributed by atoms with Crippen molar-refractivity contribution in [3.05, 3.63) is 17.2 Å². The second-order valence-corrected chi connectivity index (χ2v) is 5.29. The van der Waals surface area contributed by atoms with E-state index in [1.54, 1.807) is 6.07 Å². The molecule has 1 fully saturated rings. The number of carbonyl (C=O) groups excluding carboxylic acids is 1. The number of aliphatic hydroxyl groups is 1. The lowest BCUT2D eigenvalue weighted by atomic mass is 9.99. The third kappa shape index (κ3) is 2.63. The van der Waals surface area contributed by atoms with Crippen LogP contribution in [0.4, 0.5) is 0 Å². The Bertz CT molecular complexity index is 564. The van der Waals surface area contributed by atoms with Gasteiger partial charge >= 0.3 is 5.97 Å². The van der Waals surface area contributed by atoms with E-state index in [9.17, 15) is 9.90 Å². The van der Waals surface area contributed by atoms with E-state index in [0.29, 0.717) is 40.9 Å². The summed E-state index contributed by atoms with van der Waals surface area (Å²) in [6, 6.07) is 1.60. The lowest BCUT2D eigenvalue weighted by molar-refractivity contribution is -0.0691. The van der Waals surface area contributed by atoms with E-state index in [1.165, 1.54) is 27.1 Å². The Labute approximate surface area is 122 Å². The molecule has 0 aromatic heterocycles. The molecule has 3 rings (SSSR count). The van der Waals surface area contributed by atoms with Gasteiger partial charge in [0.15, 0.2) is 11.5 Å². The highest BCUT2D eigenvalue weighted by atomic mass is 16.6. The molecule has 1 heterocycles. The fourth-order valence-corrected chi connectivity index (χ4v) is 2.45. The highest BCUT2D eigenvalue weighted by Crippen LogP contribution is 2.44. The smallest absolute Gasteiger partial charge is 0.341 e. The van der Waals surface area contributed by atoms with Crippen LogP contribution < -0.4 is 14.2 Å². The Morgan fingerprint density at radius 1 is 1.29 bits per heavy atom. The lowest BCUT2D eigenvalue weighted by Gasteiger charge is -2.25. The maximum Gasteiger partial charge on any atom is 0.341 e. The molecule has 0 radical (unpaired) electrons. The van der Waals surface area contributed by atoms with Crippen LogP contribution in [0.15, 0.2) is 6.07 Å². The topological polar surface area (TPSA) is 74.2 Å². The van der Waals surface area contributed by atoms with Gasteiger partial charge in [-0.15, -0.1) is 0 Å². The molecule has 21 heavy (non-hydrogen) atoms. The Hall–Kier alpha value is -1.95. The van der Waals surface area contributed by atoms with Crippen molar-refractivity contribution in [3.8, 4) is 17.2 Å². The minimum Gasteiger partial charge on any atom is -0.492 e. The van der Waals surface area contributed by atoms with Gasteiger partial charge in [0, 0.05) is 12.0 Å². The minimum absolute atomic E-state index is 0.170. The van der Waals surface area contributed by atoms with Crippen LogP contribution >= 0.6 is 0 Å². The number of esters is 1. The largest absolute Gasteiger partial charge is 0.492 e. The average Bonchev–Trinajstić information content (AvgIpc) is 3.27. The summed E-state index contributed by atoms with van der Waals surface area (Å²) < 4.78 is 21.3. The van der Waals surface area contributed by atoms with Crippen LogP contribution in [-0.2, 0) is 11.2 Å². The highest BCUT2D eigenvalue weighted by Gasteiger charge is 2.32. The molecule has 1 aliphatic heterocycles. The fourth-order valence-electron chi connectivity index (χ4n) is 2.45. The maximum atomic E-state index is 11.9. The number of benzene rings is 1. The molecule has 1 aromatic rings. The first kappa shape index (κ1) is 14.0. The molecular formula is C15H18O6. The van der Waals surface area contributed by atoms with Crippen molar-refractivity contribution in [2.45, 2.75) is 25.6 Å². The van der Waals surface area contributed by atoms with E-state index in [4.69, 9.17) is 18.9 Å². The van der Waals surface area contributed by atoms with E-state index in [0.717, 1.165) is 0 Å². The molecule has 1 aliphatic carbocycles. The van der Waals surface area contributed by atoms with Gasteiger partial charge in [-0.25, -0.2) is 4.79 Å². The molecule has 6 heteroatoms. The number of ether oxygens (including phenoxy) is 4. The molecule has 0 amide bonds. The Morgan fingerprint density at radius 3 is 2.62 bits per heavy atom. The number of methoxy groups -OCH3 is 2. The quantitative estimate of drug-likeness (QED) is 0.830. The van der Waals surface area contributed by atoms with Crippen LogP contribution in [0.2, 0.25) is 0 Å². The van der Waals surface area contributed by atoms with E-state index < -0.39 is 12.3 Å². The van der Waals surface area contributed by atoms with Gasteiger partial charge in [-0.2, -0.15) is 0 Å². The summed E-state index contributed by atoms with van der Waals surface area (Å²) in [5.74, 6) is 1.31. The Kier molecular flexibility index (Phi) is 3.63. The SMILES string of the molecule is COc1c(OCC2CC2)cc2c(c1OC)CC(O)OC2=O. The summed E-state index contributed by atoms with van der Waals surface area (Å²) in [6.45, 7) is 0.593. The number of fused-ring (bicyclic) bond motifs is 1. The summed E-state index contributed by atoms with van der Waals surface area (Å²) in [4.78, 5) is 11.9. The zero-order chi connectivity index (χ0) is 15.0. The number of hydrogen-bond donors (Lipinski definition) is 1.